The van der Waals surface area contributed by atoms with Gasteiger partial charge in [-0.25, -0.2) is 4.98 Å². The minimum Gasteiger partial charge on any atom is -0.345 e. The van der Waals surface area contributed by atoms with Gasteiger partial charge in [0.25, 0.3) is 0 Å². The minimum atomic E-state index is 0.0299. The molecule has 0 spiro atoms. The van der Waals surface area contributed by atoms with E-state index in [1.165, 1.54) is 11.3 Å². The maximum Gasteiger partial charge on any atom is 0.186 e. The minimum absolute atomic E-state index is 0.0299. The number of hydrogen-bond acceptors (Lipinski definition) is 4. The molecule has 0 atom stereocenters. The number of Topliss-reactive ketones (excluding diaryl/α,β-unsaturated/α-hetero) is 2. The van der Waals surface area contributed by atoms with E-state index in [2.05, 4.69) is 4.98 Å². The molecule has 4 nitrogen and oxygen atoms in total. The Bertz CT molecular complexity index is 667. The van der Waals surface area contributed by atoms with E-state index in [1.54, 1.807) is 12.3 Å². The molecular weight excluding hydrogens is 296 g/mol. The van der Waals surface area contributed by atoms with Gasteiger partial charge in [-0.05, 0) is 25.8 Å². The third-order valence-corrected chi connectivity index (χ3v) is 5.11. The van der Waals surface area contributed by atoms with Crippen LogP contribution in [0.4, 0.5) is 0 Å². The average molecular weight is 316 g/mol. The van der Waals surface area contributed by atoms with Gasteiger partial charge in [-0.1, -0.05) is 12.8 Å². The first-order valence-corrected chi connectivity index (χ1v) is 8.73. The highest BCUT2D eigenvalue weighted by Crippen LogP contribution is 2.28. The molecule has 2 aromatic rings. The first-order chi connectivity index (χ1) is 10.7. The lowest BCUT2D eigenvalue weighted by Crippen LogP contribution is -2.10. The molecule has 22 heavy (non-hydrogen) atoms. The van der Waals surface area contributed by atoms with Crippen LogP contribution in [0, 0.1) is 5.92 Å². The number of aryl methyl sites for hydroxylation is 1. The monoisotopic (exact) mass is 316 g/mol. The molecule has 116 valence electrons. The van der Waals surface area contributed by atoms with Crippen LogP contribution in [0.5, 0.6) is 0 Å². The van der Waals surface area contributed by atoms with Crippen LogP contribution < -0.4 is 0 Å². The predicted octanol–water partition coefficient (Wildman–Crippen LogP) is 3.76. The summed E-state index contributed by atoms with van der Waals surface area (Å²) in [5.74, 6) is 0.380. The number of hydrogen-bond donors (Lipinski definition) is 0. The maximum absolute atomic E-state index is 12.5. The summed E-state index contributed by atoms with van der Waals surface area (Å²) in [7, 11) is 0. The molecule has 0 saturated heterocycles. The van der Waals surface area contributed by atoms with E-state index in [-0.39, 0.29) is 17.5 Å². The van der Waals surface area contributed by atoms with E-state index < -0.39 is 0 Å². The summed E-state index contributed by atoms with van der Waals surface area (Å²) in [5.41, 5.74) is 1.32. The molecule has 3 rings (SSSR count). The highest BCUT2D eigenvalue weighted by atomic mass is 32.1. The Morgan fingerprint density at radius 1 is 1.36 bits per heavy atom. The third kappa shape index (κ3) is 3.04. The van der Waals surface area contributed by atoms with Crippen LogP contribution in [-0.4, -0.2) is 21.1 Å². The molecule has 1 aliphatic carbocycles. The van der Waals surface area contributed by atoms with E-state index in [9.17, 15) is 9.59 Å². The highest BCUT2D eigenvalue weighted by Gasteiger charge is 2.26. The van der Waals surface area contributed by atoms with Crippen molar-refractivity contribution in [1.82, 2.24) is 9.55 Å². The molecule has 0 aliphatic heterocycles. The fourth-order valence-electron chi connectivity index (χ4n) is 3.13. The Labute approximate surface area is 134 Å². The second kappa shape index (κ2) is 6.57. The van der Waals surface area contributed by atoms with Crippen LogP contribution >= 0.6 is 11.3 Å². The van der Waals surface area contributed by atoms with Gasteiger partial charge in [0.2, 0.25) is 0 Å². The molecule has 0 radical (unpaired) electrons. The standard InChI is InChI=1S/C17H20N2O2S/c1-2-19-11-13(17(21)12-5-3-4-6-12)9-14(19)15(20)10-16-18-7-8-22-16/h7-9,11-12H,2-6,10H2,1H3. The first-order valence-electron chi connectivity index (χ1n) is 7.85. The zero-order valence-corrected chi connectivity index (χ0v) is 13.6. The summed E-state index contributed by atoms with van der Waals surface area (Å²) in [6, 6.07) is 1.78. The molecule has 0 unspecified atom stereocenters. The second-order valence-electron chi connectivity index (χ2n) is 5.77. The van der Waals surface area contributed by atoms with Gasteiger partial charge < -0.3 is 4.57 Å². The smallest absolute Gasteiger partial charge is 0.186 e. The van der Waals surface area contributed by atoms with Crippen LogP contribution in [-0.2, 0) is 13.0 Å². The normalized spacial score (nSPS) is 15.3. The lowest BCUT2D eigenvalue weighted by atomic mass is 9.98. The number of nitrogens with zero attached hydrogens (tertiary/aromatic N) is 2. The summed E-state index contributed by atoms with van der Waals surface area (Å²) in [4.78, 5) is 29.2. The van der Waals surface area contributed by atoms with Gasteiger partial charge in [-0.3, -0.25) is 9.59 Å². The summed E-state index contributed by atoms with van der Waals surface area (Å²) >= 11 is 1.48. The third-order valence-electron chi connectivity index (χ3n) is 4.33. The van der Waals surface area contributed by atoms with Gasteiger partial charge >= 0.3 is 0 Å². The van der Waals surface area contributed by atoms with Crippen LogP contribution in [0.3, 0.4) is 0 Å². The first kappa shape index (κ1) is 15.2. The van der Waals surface area contributed by atoms with E-state index in [4.69, 9.17) is 0 Å². The Morgan fingerprint density at radius 3 is 2.77 bits per heavy atom. The fourth-order valence-corrected chi connectivity index (χ4v) is 3.75. The van der Waals surface area contributed by atoms with Crippen molar-refractivity contribution in [2.45, 2.75) is 45.6 Å². The summed E-state index contributed by atoms with van der Waals surface area (Å²) in [5, 5.41) is 2.69. The second-order valence-corrected chi connectivity index (χ2v) is 6.75. The number of aromatic nitrogens is 2. The number of rotatable bonds is 6. The summed E-state index contributed by atoms with van der Waals surface area (Å²) in [6.45, 7) is 2.68. The van der Waals surface area contributed by atoms with Crippen molar-refractivity contribution in [3.05, 3.63) is 40.1 Å². The molecule has 2 aromatic heterocycles. The van der Waals surface area contributed by atoms with Crippen molar-refractivity contribution in [1.29, 1.82) is 0 Å². The Kier molecular flexibility index (Phi) is 4.52. The van der Waals surface area contributed by atoms with E-state index in [0.29, 0.717) is 24.2 Å². The quantitative estimate of drug-likeness (QED) is 0.762. The van der Waals surface area contributed by atoms with Gasteiger partial charge in [0.1, 0.15) is 5.01 Å². The molecule has 2 heterocycles. The summed E-state index contributed by atoms with van der Waals surface area (Å²) in [6.07, 6.45) is 8.11. The van der Waals surface area contributed by atoms with Crippen LogP contribution in [0.2, 0.25) is 0 Å². The van der Waals surface area contributed by atoms with Crippen molar-refractivity contribution in [2.24, 2.45) is 5.92 Å². The molecular formula is C17H20N2O2S. The molecule has 0 N–H and O–H groups in total. The fraction of sp³-hybridized carbons (Fsp3) is 0.471. The van der Waals surface area contributed by atoms with Crippen molar-refractivity contribution >= 4 is 22.9 Å². The average Bonchev–Trinajstić information content (AvgIpc) is 3.26. The number of carbonyl (C=O) groups is 2. The number of thiazole rings is 1. The van der Waals surface area contributed by atoms with E-state index in [1.807, 2.05) is 23.1 Å². The topological polar surface area (TPSA) is 52.0 Å². The Balaban J connectivity index is 1.81. The van der Waals surface area contributed by atoms with Gasteiger partial charge in [-0.15, -0.1) is 11.3 Å². The van der Waals surface area contributed by atoms with E-state index >= 15 is 0 Å². The van der Waals surface area contributed by atoms with Crippen molar-refractivity contribution in [3.63, 3.8) is 0 Å². The van der Waals surface area contributed by atoms with Gasteiger partial charge in [0, 0.05) is 35.8 Å². The zero-order chi connectivity index (χ0) is 15.5. The maximum atomic E-state index is 12.5. The summed E-state index contributed by atoms with van der Waals surface area (Å²) < 4.78 is 1.89. The molecule has 5 heteroatoms. The highest BCUT2D eigenvalue weighted by molar-refractivity contribution is 7.09. The van der Waals surface area contributed by atoms with Gasteiger partial charge in [-0.2, -0.15) is 0 Å². The molecule has 1 fully saturated rings. The lowest BCUT2D eigenvalue weighted by molar-refractivity contribution is 0.0922. The van der Waals surface area contributed by atoms with E-state index in [0.717, 1.165) is 30.7 Å². The number of carbonyl (C=O) groups excluding carboxylic acids is 2. The molecule has 0 aromatic carbocycles. The Hall–Kier alpha value is -1.75. The van der Waals surface area contributed by atoms with Crippen molar-refractivity contribution in [2.75, 3.05) is 0 Å². The van der Waals surface area contributed by atoms with Crippen LogP contribution in [0.15, 0.2) is 23.8 Å². The largest absolute Gasteiger partial charge is 0.345 e. The SMILES string of the molecule is CCn1cc(C(=O)C2CCCC2)cc1C(=O)Cc1nccs1. The predicted molar refractivity (Wildman–Crippen MR) is 86.5 cm³/mol. The molecule has 0 bridgehead atoms. The number of ketones is 2. The molecule has 0 amide bonds. The molecule has 1 saturated carbocycles. The van der Waals surface area contributed by atoms with Crippen LogP contribution in [0.1, 0.15) is 58.5 Å². The zero-order valence-electron chi connectivity index (χ0n) is 12.7. The Morgan fingerprint density at radius 2 is 2.14 bits per heavy atom. The molecule has 1 aliphatic rings. The van der Waals surface area contributed by atoms with Crippen LogP contribution in [0.25, 0.3) is 0 Å². The lowest BCUT2D eigenvalue weighted by Gasteiger charge is -2.05. The van der Waals surface area contributed by atoms with Crippen molar-refractivity contribution in [3.8, 4) is 0 Å². The van der Waals surface area contributed by atoms with Crippen molar-refractivity contribution < 1.29 is 9.59 Å². The van der Waals surface area contributed by atoms with Gasteiger partial charge in [0.05, 0.1) is 12.1 Å². The van der Waals surface area contributed by atoms with Gasteiger partial charge in [0.15, 0.2) is 11.6 Å².